The van der Waals surface area contributed by atoms with Crippen LogP contribution in [0, 0.1) is 19.9 Å². The van der Waals surface area contributed by atoms with Crippen LogP contribution in [-0.2, 0) is 20.1 Å². The molecule has 0 aliphatic carbocycles. The summed E-state index contributed by atoms with van der Waals surface area (Å²) in [6.45, 7) is 3.91. The van der Waals surface area contributed by atoms with Crippen molar-refractivity contribution in [1.29, 1.82) is 0 Å². The van der Waals surface area contributed by atoms with Crippen molar-refractivity contribution in [1.82, 2.24) is 19.9 Å². The van der Waals surface area contributed by atoms with Crippen LogP contribution < -0.4 is 4.98 Å². The van der Waals surface area contributed by atoms with Crippen molar-refractivity contribution in [2.75, 3.05) is 0 Å². The largest absolute Gasteiger partial charge is 0.438 e. The van der Waals surface area contributed by atoms with Crippen molar-refractivity contribution in [2.45, 2.75) is 13.8 Å². The van der Waals surface area contributed by atoms with E-state index in [0.717, 1.165) is 45.1 Å². The molecule has 0 amide bonds. The van der Waals surface area contributed by atoms with Crippen LogP contribution in [0.15, 0.2) is 97.2 Å². The molecular weight excluding hydrogens is 597 g/mol. The molecule has 169 valence electrons. The van der Waals surface area contributed by atoms with Crippen LogP contribution in [0.5, 0.6) is 0 Å². The Morgan fingerprint density at radius 3 is 2.24 bits per heavy atom. The fraction of sp³-hybridized carbons (Fsp3) is 0.0690. The molecule has 0 saturated heterocycles. The van der Waals surface area contributed by atoms with Crippen LogP contribution in [0.1, 0.15) is 11.4 Å². The average molecular weight is 619 g/mol. The number of rotatable bonds is 2. The van der Waals surface area contributed by atoms with E-state index in [4.69, 9.17) is 4.98 Å². The summed E-state index contributed by atoms with van der Waals surface area (Å²) in [5.41, 5.74) is 5.83. The average Bonchev–Trinajstić information content (AvgIpc) is 3.22. The Bertz CT molecular complexity index is 1520. The van der Waals surface area contributed by atoms with Crippen LogP contribution in [-0.4, -0.2) is 15.0 Å². The van der Waals surface area contributed by atoms with Crippen LogP contribution in [0.2, 0.25) is 0 Å². The van der Waals surface area contributed by atoms with Gasteiger partial charge >= 0.3 is 0 Å². The maximum atomic E-state index is 4.76. The maximum Gasteiger partial charge on any atom is 0.0620 e. The minimum Gasteiger partial charge on any atom is -0.438 e. The van der Waals surface area contributed by atoms with E-state index in [1.807, 2.05) is 56.3 Å². The molecule has 3 heterocycles. The quantitative estimate of drug-likeness (QED) is 0.206. The molecule has 0 atom stereocenters. The van der Waals surface area contributed by atoms with Crippen LogP contribution in [0.25, 0.3) is 44.5 Å². The summed E-state index contributed by atoms with van der Waals surface area (Å²) in [6, 6.07) is 33.8. The standard InChI is InChI=1S/C19H12N.C10H10N3.Ir/c1-3-9-16-14(6-1)8-5-10-17(16)19-13-12-15-7-2-4-11-18(15)20-19;1-7-8(2)13-10(12-7)9-5-3-4-6-11-9;/h1-9,11-13H;3-6H,1-2H3;/q2*-1;. The first kappa shape index (κ1) is 23.5. The summed E-state index contributed by atoms with van der Waals surface area (Å²) in [7, 11) is 0. The van der Waals surface area contributed by atoms with Gasteiger partial charge in [-0.15, -0.1) is 29.1 Å². The van der Waals surface area contributed by atoms with Crippen LogP contribution in [0.3, 0.4) is 0 Å². The number of aromatic nitrogens is 4. The molecule has 0 aliphatic rings. The van der Waals surface area contributed by atoms with Crippen molar-refractivity contribution in [3.8, 4) is 22.8 Å². The number of para-hydroxylation sites is 1. The second-order valence-electron chi connectivity index (χ2n) is 7.76. The smallest absolute Gasteiger partial charge is 0.0620 e. The first-order valence-electron chi connectivity index (χ1n) is 10.8. The topological polar surface area (TPSA) is 52.8 Å². The van der Waals surface area contributed by atoms with Gasteiger partial charge in [0, 0.05) is 26.3 Å². The molecule has 34 heavy (non-hydrogen) atoms. The fourth-order valence-corrected chi connectivity index (χ4v) is 3.69. The van der Waals surface area contributed by atoms with Crippen molar-refractivity contribution in [3.63, 3.8) is 0 Å². The van der Waals surface area contributed by atoms with E-state index in [1.165, 1.54) is 10.8 Å². The molecule has 5 heteroatoms. The summed E-state index contributed by atoms with van der Waals surface area (Å²) in [5.74, 6) is 0.718. The van der Waals surface area contributed by atoms with Gasteiger partial charge in [-0.1, -0.05) is 77.4 Å². The number of pyridine rings is 2. The predicted octanol–water partition coefficient (Wildman–Crippen LogP) is 6.57. The van der Waals surface area contributed by atoms with E-state index in [1.54, 1.807) is 6.20 Å². The zero-order valence-corrected chi connectivity index (χ0v) is 21.3. The van der Waals surface area contributed by atoms with E-state index in [0.29, 0.717) is 0 Å². The zero-order valence-electron chi connectivity index (χ0n) is 18.9. The third-order valence-electron chi connectivity index (χ3n) is 5.54. The number of fused-ring (bicyclic) bond motifs is 2. The van der Waals surface area contributed by atoms with Crippen molar-refractivity contribution < 1.29 is 20.1 Å². The second-order valence-corrected chi connectivity index (χ2v) is 7.76. The number of hydrogen-bond donors (Lipinski definition) is 0. The maximum absolute atomic E-state index is 4.76. The van der Waals surface area contributed by atoms with Crippen molar-refractivity contribution >= 4 is 21.7 Å². The first-order valence-corrected chi connectivity index (χ1v) is 10.8. The SMILES string of the molecule is Cc1nc(-c2ccccn2)[n-]c1C.[Ir].[c-]1ccc2ccccc2c1-c1ccc2ccccc2n1. The van der Waals surface area contributed by atoms with Gasteiger partial charge in [0.05, 0.1) is 11.2 Å². The minimum atomic E-state index is 0. The molecule has 0 fully saturated rings. The van der Waals surface area contributed by atoms with Crippen molar-refractivity contribution in [2.24, 2.45) is 0 Å². The van der Waals surface area contributed by atoms with Gasteiger partial charge < -0.3 is 9.97 Å². The van der Waals surface area contributed by atoms with E-state index < -0.39 is 0 Å². The first-order chi connectivity index (χ1) is 16.2. The summed E-state index contributed by atoms with van der Waals surface area (Å²) < 4.78 is 0. The minimum absolute atomic E-state index is 0. The molecule has 0 bridgehead atoms. The van der Waals surface area contributed by atoms with Crippen molar-refractivity contribution in [3.05, 3.63) is 115 Å². The Hall–Kier alpha value is -3.66. The predicted molar refractivity (Wildman–Crippen MR) is 134 cm³/mol. The second kappa shape index (κ2) is 10.5. The molecule has 0 aliphatic heterocycles. The van der Waals surface area contributed by atoms with Gasteiger partial charge in [-0.05, 0) is 49.0 Å². The monoisotopic (exact) mass is 619 g/mol. The van der Waals surface area contributed by atoms with E-state index in [-0.39, 0.29) is 20.1 Å². The Balaban J connectivity index is 0.000000171. The van der Waals surface area contributed by atoms with Gasteiger partial charge in [0.1, 0.15) is 0 Å². The molecule has 6 aromatic rings. The number of benzene rings is 3. The third-order valence-corrected chi connectivity index (χ3v) is 5.54. The Labute approximate surface area is 212 Å². The summed E-state index contributed by atoms with van der Waals surface area (Å²) in [6.07, 6.45) is 1.75. The van der Waals surface area contributed by atoms with Gasteiger partial charge in [0.2, 0.25) is 0 Å². The number of nitrogens with zero attached hydrogens (tertiary/aromatic N) is 4. The summed E-state index contributed by atoms with van der Waals surface area (Å²) >= 11 is 0. The van der Waals surface area contributed by atoms with Gasteiger partial charge in [0.25, 0.3) is 0 Å². The normalized spacial score (nSPS) is 10.4. The third kappa shape index (κ3) is 4.96. The molecular formula is C29H22IrN4-2. The Kier molecular flexibility index (Phi) is 7.27. The summed E-state index contributed by atoms with van der Waals surface area (Å²) in [4.78, 5) is 17.6. The van der Waals surface area contributed by atoms with E-state index in [9.17, 15) is 0 Å². The number of imidazole rings is 1. The molecule has 1 radical (unpaired) electrons. The van der Waals surface area contributed by atoms with E-state index >= 15 is 0 Å². The molecule has 3 aromatic carbocycles. The number of aryl methyl sites for hydroxylation is 2. The molecule has 6 rings (SSSR count). The molecule has 3 aromatic heterocycles. The van der Waals surface area contributed by atoms with Gasteiger partial charge in [-0.3, -0.25) is 9.97 Å². The van der Waals surface area contributed by atoms with Crippen LogP contribution >= 0.6 is 0 Å². The van der Waals surface area contributed by atoms with Crippen LogP contribution in [0.4, 0.5) is 0 Å². The van der Waals surface area contributed by atoms with Gasteiger partial charge in [-0.2, -0.15) is 0 Å². The fourth-order valence-electron chi connectivity index (χ4n) is 3.69. The van der Waals surface area contributed by atoms with E-state index in [2.05, 4.69) is 69.5 Å². The molecule has 4 nitrogen and oxygen atoms in total. The molecule has 0 spiro atoms. The van der Waals surface area contributed by atoms with Gasteiger partial charge in [-0.25, -0.2) is 0 Å². The summed E-state index contributed by atoms with van der Waals surface area (Å²) in [5, 5.41) is 3.57. The molecule has 0 N–H and O–H groups in total. The Morgan fingerprint density at radius 2 is 1.47 bits per heavy atom. The van der Waals surface area contributed by atoms with Gasteiger partial charge in [0.15, 0.2) is 0 Å². The molecule has 0 saturated carbocycles. The molecule has 0 unspecified atom stereocenters. The Morgan fingerprint density at radius 1 is 0.706 bits per heavy atom. The zero-order chi connectivity index (χ0) is 22.6. The number of hydrogen-bond acceptors (Lipinski definition) is 3.